The molecule has 196 valence electrons. The zero-order chi connectivity index (χ0) is 27.2. The second kappa shape index (κ2) is 9.64. The number of nitrogens with zero attached hydrogens (tertiary/aromatic N) is 3. The molecule has 3 rings (SSSR count). The number of alkyl halides is 5. The van der Waals surface area contributed by atoms with Gasteiger partial charge < -0.3 is 4.57 Å². The molecule has 11 heteroatoms. The predicted octanol–water partition coefficient (Wildman–Crippen LogP) is 7.42. The summed E-state index contributed by atoms with van der Waals surface area (Å²) in [7, 11) is -2.03. The van der Waals surface area contributed by atoms with Gasteiger partial charge in [0.05, 0.1) is 10.3 Å². The fourth-order valence-corrected chi connectivity index (χ4v) is 4.21. The molecule has 0 saturated carbocycles. The lowest BCUT2D eigenvalue weighted by atomic mass is 9.97. The zero-order valence-corrected chi connectivity index (χ0v) is 21.5. The van der Waals surface area contributed by atoms with Crippen LogP contribution >= 0.6 is 0 Å². The standard InChI is InChI=1S/C25H27F6N3OS/c1-23(2,3)13-34-12-16(20(21(27)28)33-36(35)24(4,5)6)15-11-18(26)19(32-22(15)34)14-9-7-8-10-17(14)25(29,30)31/h7-12,21H,13H2,1-6H3/t36-/m0/s1. The first kappa shape index (κ1) is 27.9. The van der Waals surface area contributed by atoms with E-state index in [-0.39, 0.29) is 28.6 Å². The molecular formula is C25H27F6N3OS. The Morgan fingerprint density at radius 2 is 1.69 bits per heavy atom. The molecule has 0 bridgehead atoms. The summed E-state index contributed by atoms with van der Waals surface area (Å²) >= 11 is 0. The first-order chi connectivity index (χ1) is 16.4. The molecular weight excluding hydrogens is 504 g/mol. The lowest BCUT2D eigenvalue weighted by Gasteiger charge is -2.20. The molecule has 0 spiro atoms. The van der Waals surface area contributed by atoms with Crippen molar-refractivity contribution in [1.82, 2.24) is 9.55 Å². The first-order valence-corrected chi connectivity index (χ1v) is 12.2. The molecule has 4 nitrogen and oxygen atoms in total. The fraction of sp³-hybridized carbons (Fsp3) is 0.440. The summed E-state index contributed by atoms with van der Waals surface area (Å²) in [5, 5.41) is -0.0602. The van der Waals surface area contributed by atoms with E-state index in [0.29, 0.717) is 0 Å². The largest absolute Gasteiger partial charge is 0.417 e. The topological polar surface area (TPSA) is 47.2 Å². The molecule has 0 aliphatic rings. The Kier molecular flexibility index (Phi) is 7.47. The predicted molar refractivity (Wildman–Crippen MR) is 130 cm³/mol. The summed E-state index contributed by atoms with van der Waals surface area (Å²) in [5.41, 5.74) is -3.44. The van der Waals surface area contributed by atoms with Crippen LogP contribution < -0.4 is 0 Å². The first-order valence-electron chi connectivity index (χ1n) is 11.1. The molecule has 0 aliphatic carbocycles. The van der Waals surface area contributed by atoms with Gasteiger partial charge in [-0.05, 0) is 38.3 Å². The van der Waals surface area contributed by atoms with Crippen molar-refractivity contribution in [3.8, 4) is 11.3 Å². The highest BCUT2D eigenvalue weighted by Gasteiger charge is 2.35. The molecule has 1 atom stereocenters. The second-order valence-corrected chi connectivity index (χ2v) is 12.5. The number of hydrogen-bond donors (Lipinski definition) is 0. The Balaban J connectivity index is 2.36. The Labute approximate surface area is 208 Å². The van der Waals surface area contributed by atoms with Crippen LogP contribution in [0.5, 0.6) is 0 Å². The molecule has 0 amide bonds. The molecule has 0 unspecified atom stereocenters. The molecule has 3 aromatic rings. The van der Waals surface area contributed by atoms with Crippen LogP contribution in [0.2, 0.25) is 0 Å². The van der Waals surface area contributed by atoms with Gasteiger partial charge in [0, 0.05) is 29.3 Å². The minimum Gasteiger partial charge on any atom is -0.331 e. The van der Waals surface area contributed by atoms with Crippen molar-refractivity contribution >= 4 is 27.7 Å². The van der Waals surface area contributed by atoms with E-state index in [2.05, 4.69) is 9.38 Å². The highest BCUT2D eigenvalue weighted by molar-refractivity contribution is 7.85. The van der Waals surface area contributed by atoms with Crippen molar-refractivity contribution in [2.45, 2.75) is 65.4 Å². The maximum Gasteiger partial charge on any atom is 0.417 e. The fourth-order valence-electron chi connectivity index (χ4n) is 3.58. The number of fused-ring (bicyclic) bond motifs is 1. The number of benzene rings is 1. The van der Waals surface area contributed by atoms with Gasteiger partial charge in [0.1, 0.15) is 33.9 Å². The Bertz CT molecular complexity index is 1330. The second-order valence-electron chi connectivity index (χ2n) is 10.6. The lowest BCUT2D eigenvalue weighted by Crippen LogP contribution is -2.23. The van der Waals surface area contributed by atoms with E-state index in [0.717, 1.165) is 18.2 Å². The highest BCUT2D eigenvalue weighted by Crippen LogP contribution is 2.38. The molecule has 0 fully saturated rings. The number of aromatic nitrogens is 2. The van der Waals surface area contributed by atoms with Gasteiger partial charge in [0.25, 0.3) is 6.43 Å². The third-order valence-electron chi connectivity index (χ3n) is 5.12. The van der Waals surface area contributed by atoms with Gasteiger partial charge >= 0.3 is 6.18 Å². The normalized spacial score (nSPS) is 14.6. The molecule has 2 aromatic heterocycles. The summed E-state index contributed by atoms with van der Waals surface area (Å²) in [5.74, 6) is -1.11. The number of halogens is 6. The van der Waals surface area contributed by atoms with Gasteiger partial charge in [-0.25, -0.2) is 22.4 Å². The molecule has 0 N–H and O–H groups in total. The van der Waals surface area contributed by atoms with Crippen molar-refractivity contribution in [3.63, 3.8) is 0 Å². The minimum absolute atomic E-state index is 0.0168. The van der Waals surface area contributed by atoms with E-state index < -0.39 is 56.7 Å². The van der Waals surface area contributed by atoms with Gasteiger partial charge in [0.2, 0.25) is 0 Å². The van der Waals surface area contributed by atoms with E-state index in [1.807, 2.05) is 20.8 Å². The van der Waals surface area contributed by atoms with Crippen LogP contribution in [0.1, 0.15) is 52.7 Å². The summed E-state index contributed by atoms with van der Waals surface area (Å²) in [6, 6.07) is 5.33. The van der Waals surface area contributed by atoms with Crippen LogP contribution in [0, 0.1) is 11.2 Å². The van der Waals surface area contributed by atoms with Gasteiger partial charge in [-0.3, -0.25) is 0 Å². The molecule has 0 radical (unpaired) electrons. The van der Waals surface area contributed by atoms with Crippen molar-refractivity contribution in [1.29, 1.82) is 0 Å². The van der Waals surface area contributed by atoms with Gasteiger partial charge in [-0.1, -0.05) is 39.0 Å². The number of pyridine rings is 1. The quantitative estimate of drug-likeness (QED) is 0.254. The molecule has 1 aromatic carbocycles. The number of hydrogen-bond acceptors (Lipinski definition) is 2. The van der Waals surface area contributed by atoms with Crippen molar-refractivity contribution in [2.24, 2.45) is 9.81 Å². The molecule has 36 heavy (non-hydrogen) atoms. The van der Waals surface area contributed by atoms with E-state index in [1.165, 1.54) is 22.9 Å². The third-order valence-corrected chi connectivity index (χ3v) is 6.53. The van der Waals surface area contributed by atoms with Crippen molar-refractivity contribution in [2.75, 3.05) is 0 Å². The molecule has 0 saturated heterocycles. The van der Waals surface area contributed by atoms with Gasteiger partial charge in [-0.15, -0.1) is 0 Å². The van der Waals surface area contributed by atoms with E-state index in [9.17, 15) is 26.2 Å². The summed E-state index contributed by atoms with van der Waals surface area (Å²) in [6.07, 6.45) is -6.59. The molecule has 2 heterocycles. The smallest absolute Gasteiger partial charge is 0.331 e. The third kappa shape index (κ3) is 5.99. The molecule has 0 aliphatic heterocycles. The van der Waals surface area contributed by atoms with Crippen molar-refractivity contribution < 1.29 is 30.6 Å². The average Bonchev–Trinajstić information content (AvgIpc) is 3.04. The zero-order valence-electron chi connectivity index (χ0n) is 20.7. The summed E-state index contributed by atoms with van der Waals surface area (Å²) < 4.78 is 101. The van der Waals surface area contributed by atoms with E-state index in [1.54, 1.807) is 20.8 Å². The van der Waals surface area contributed by atoms with Crippen LogP contribution in [0.25, 0.3) is 22.3 Å². The van der Waals surface area contributed by atoms with E-state index >= 15 is 4.39 Å². The maximum atomic E-state index is 15.3. The summed E-state index contributed by atoms with van der Waals surface area (Å²) in [4.78, 5) is 4.21. The van der Waals surface area contributed by atoms with Crippen LogP contribution in [0.4, 0.5) is 26.3 Å². The Morgan fingerprint density at radius 3 is 2.22 bits per heavy atom. The Hall–Kier alpha value is -2.69. The van der Waals surface area contributed by atoms with Gasteiger partial charge in [0.15, 0.2) is 0 Å². The van der Waals surface area contributed by atoms with Crippen LogP contribution in [0.3, 0.4) is 0 Å². The van der Waals surface area contributed by atoms with Crippen LogP contribution in [0.15, 0.2) is 40.9 Å². The van der Waals surface area contributed by atoms with Gasteiger partial charge in [-0.2, -0.15) is 17.6 Å². The SMILES string of the molecule is CC(C)(C)Cn1cc(C(=N[S@@](=O)C(C)(C)C)C(F)F)c2cc(F)c(-c3ccccc3C(F)(F)F)nc21. The lowest BCUT2D eigenvalue weighted by molar-refractivity contribution is -0.137. The summed E-state index contributed by atoms with van der Waals surface area (Å²) in [6.45, 7) is 10.6. The van der Waals surface area contributed by atoms with Crippen molar-refractivity contribution in [3.05, 3.63) is 53.5 Å². The minimum atomic E-state index is -4.76. The number of rotatable bonds is 5. The van der Waals surface area contributed by atoms with E-state index in [4.69, 9.17) is 0 Å². The van der Waals surface area contributed by atoms with Crippen LogP contribution in [-0.2, 0) is 23.7 Å². The monoisotopic (exact) mass is 531 g/mol. The van der Waals surface area contributed by atoms with Crippen LogP contribution in [-0.4, -0.2) is 30.6 Å². The maximum absolute atomic E-state index is 15.3. The Morgan fingerprint density at radius 1 is 1.08 bits per heavy atom. The highest BCUT2D eigenvalue weighted by atomic mass is 32.2. The average molecular weight is 532 g/mol.